The minimum absolute atomic E-state index is 0.635. The number of aromatic nitrogens is 2. The van der Waals surface area contributed by atoms with E-state index < -0.39 is 0 Å². The Morgan fingerprint density at radius 3 is 2.76 bits per heavy atom. The first-order valence-corrected chi connectivity index (χ1v) is 5.71. The van der Waals surface area contributed by atoms with Gasteiger partial charge in [-0.3, -0.25) is 0 Å². The molecule has 0 atom stereocenters. The minimum Gasteiger partial charge on any atom is -0.494 e. The number of anilines is 1. The highest BCUT2D eigenvalue weighted by atomic mass is 16.5. The fourth-order valence-corrected chi connectivity index (χ4v) is 1.78. The molecule has 1 aromatic heterocycles. The lowest BCUT2D eigenvalue weighted by molar-refractivity contribution is 0.335. The molecular formula is C13H17N3O. The molecule has 0 fully saturated rings. The van der Waals surface area contributed by atoms with E-state index in [0.717, 1.165) is 17.0 Å². The Bertz CT molecular complexity index is 505. The maximum Gasteiger partial charge on any atom is 0.124 e. The highest BCUT2D eigenvalue weighted by Gasteiger charge is 2.06. The SMILES string of the molecule is CCOc1ccccc1Cn1nc(C)cc1N. The van der Waals surface area contributed by atoms with Gasteiger partial charge in [-0.2, -0.15) is 5.10 Å². The van der Waals surface area contributed by atoms with Crippen LogP contribution in [0.25, 0.3) is 0 Å². The quantitative estimate of drug-likeness (QED) is 0.877. The summed E-state index contributed by atoms with van der Waals surface area (Å²) < 4.78 is 7.36. The lowest BCUT2D eigenvalue weighted by Gasteiger charge is -2.10. The lowest BCUT2D eigenvalue weighted by atomic mass is 10.2. The molecule has 0 saturated carbocycles. The molecule has 2 aromatic rings. The van der Waals surface area contributed by atoms with Gasteiger partial charge in [0.15, 0.2) is 0 Å². The molecular weight excluding hydrogens is 214 g/mol. The Morgan fingerprint density at radius 2 is 2.12 bits per heavy atom. The third-order valence-corrected chi connectivity index (χ3v) is 2.53. The second-order valence-electron chi connectivity index (χ2n) is 3.91. The van der Waals surface area contributed by atoms with Crippen LogP contribution in [-0.4, -0.2) is 16.4 Å². The van der Waals surface area contributed by atoms with Gasteiger partial charge in [-0.25, -0.2) is 4.68 Å². The van der Waals surface area contributed by atoms with Gasteiger partial charge in [0.1, 0.15) is 11.6 Å². The normalized spacial score (nSPS) is 10.5. The van der Waals surface area contributed by atoms with Crippen molar-refractivity contribution < 1.29 is 4.74 Å². The smallest absolute Gasteiger partial charge is 0.124 e. The summed E-state index contributed by atoms with van der Waals surface area (Å²) in [6.07, 6.45) is 0. The van der Waals surface area contributed by atoms with Crippen molar-refractivity contribution >= 4 is 5.82 Å². The predicted octanol–water partition coefficient (Wildman–Crippen LogP) is 2.22. The molecule has 4 heteroatoms. The second kappa shape index (κ2) is 4.91. The van der Waals surface area contributed by atoms with E-state index in [0.29, 0.717) is 19.0 Å². The van der Waals surface area contributed by atoms with Crippen molar-refractivity contribution in [3.63, 3.8) is 0 Å². The van der Waals surface area contributed by atoms with E-state index in [1.165, 1.54) is 0 Å². The molecule has 0 saturated heterocycles. The Morgan fingerprint density at radius 1 is 1.35 bits per heavy atom. The Balaban J connectivity index is 2.26. The van der Waals surface area contributed by atoms with Crippen LogP contribution < -0.4 is 10.5 Å². The molecule has 0 aliphatic heterocycles. The summed E-state index contributed by atoms with van der Waals surface area (Å²) in [7, 11) is 0. The average Bonchev–Trinajstić information content (AvgIpc) is 2.61. The van der Waals surface area contributed by atoms with Crippen LogP contribution in [0.5, 0.6) is 5.75 Å². The minimum atomic E-state index is 0.635. The van der Waals surface area contributed by atoms with Crippen LogP contribution in [0.1, 0.15) is 18.2 Å². The lowest BCUT2D eigenvalue weighted by Crippen LogP contribution is -2.07. The molecule has 1 heterocycles. The molecule has 0 aliphatic rings. The van der Waals surface area contributed by atoms with Crippen molar-refractivity contribution in [2.45, 2.75) is 20.4 Å². The van der Waals surface area contributed by atoms with Crippen molar-refractivity contribution in [2.75, 3.05) is 12.3 Å². The Kier molecular flexibility index (Phi) is 3.32. The molecule has 0 unspecified atom stereocenters. The van der Waals surface area contributed by atoms with Gasteiger partial charge in [0.2, 0.25) is 0 Å². The van der Waals surface area contributed by atoms with Crippen LogP contribution in [0.3, 0.4) is 0 Å². The summed E-state index contributed by atoms with van der Waals surface area (Å²) in [5, 5.41) is 4.34. The van der Waals surface area contributed by atoms with Gasteiger partial charge in [0, 0.05) is 11.6 Å². The molecule has 0 amide bonds. The number of ether oxygens (including phenoxy) is 1. The summed E-state index contributed by atoms with van der Waals surface area (Å²) in [5.74, 6) is 1.57. The third kappa shape index (κ3) is 2.58. The average molecular weight is 231 g/mol. The number of nitrogens with zero attached hydrogens (tertiary/aromatic N) is 2. The summed E-state index contributed by atoms with van der Waals surface area (Å²) >= 11 is 0. The molecule has 0 spiro atoms. The fraction of sp³-hybridized carbons (Fsp3) is 0.308. The van der Waals surface area contributed by atoms with Gasteiger partial charge in [-0.15, -0.1) is 0 Å². The van der Waals surface area contributed by atoms with Gasteiger partial charge < -0.3 is 10.5 Å². The van der Waals surface area contributed by atoms with Crippen LogP contribution in [-0.2, 0) is 6.54 Å². The summed E-state index contributed by atoms with van der Waals surface area (Å²) in [4.78, 5) is 0. The number of hydrogen-bond donors (Lipinski definition) is 1. The number of aryl methyl sites for hydroxylation is 1. The fourth-order valence-electron chi connectivity index (χ4n) is 1.78. The monoisotopic (exact) mass is 231 g/mol. The highest BCUT2D eigenvalue weighted by molar-refractivity contribution is 5.36. The number of rotatable bonds is 4. The van der Waals surface area contributed by atoms with E-state index in [4.69, 9.17) is 10.5 Å². The standard InChI is InChI=1S/C13H17N3O/c1-3-17-12-7-5-4-6-11(12)9-16-13(14)8-10(2)15-16/h4-8H,3,9,14H2,1-2H3. The molecule has 90 valence electrons. The molecule has 2 N–H and O–H groups in total. The Labute approximate surface area is 101 Å². The summed E-state index contributed by atoms with van der Waals surface area (Å²) in [5.41, 5.74) is 7.89. The van der Waals surface area contributed by atoms with Crippen molar-refractivity contribution in [1.82, 2.24) is 9.78 Å². The molecule has 0 aliphatic carbocycles. The largest absolute Gasteiger partial charge is 0.494 e. The van der Waals surface area contributed by atoms with E-state index in [-0.39, 0.29) is 0 Å². The number of para-hydroxylation sites is 1. The zero-order valence-electron chi connectivity index (χ0n) is 10.2. The molecule has 0 radical (unpaired) electrons. The van der Waals surface area contributed by atoms with Crippen LogP contribution in [0.2, 0.25) is 0 Å². The van der Waals surface area contributed by atoms with Crippen molar-refractivity contribution in [3.8, 4) is 5.75 Å². The summed E-state index contributed by atoms with van der Waals surface area (Å²) in [6.45, 7) is 5.20. The topological polar surface area (TPSA) is 53.1 Å². The first-order valence-electron chi connectivity index (χ1n) is 5.71. The molecule has 0 bridgehead atoms. The summed E-state index contributed by atoms with van der Waals surface area (Å²) in [6, 6.07) is 9.81. The first kappa shape index (κ1) is 11.5. The van der Waals surface area contributed by atoms with Crippen LogP contribution >= 0.6 is 0 Å². The number of hydrogen-bond acceptors (Lipinski definition) is 3. The zero-order valence-corrected chi connectivity index (χ0v) is 10.2. The highest BCUT2D eigenvalue weighted by Crippen LogP contribution is 2.20. The molecule has 4 nitrogen and oxygen atoms in total. The predicted molar refractivity (Wildman–Crippen MR) is 68.1 cm³/mol. The van der Waals surface area contributed by atoms with Gasteiger partial charge in [-0.05, 0) is 19.9 Å². The van der Waals surface area contributed by atoms with E-state index >= 15 is 0 Å². The third-order valence-electron chi connectivity index (χ3n) is 2.53. The first-order chi connectivity index (χ1) is 8.20. The van der Waals surface area contributed by atoms with Crippen molar-refractivity contribution in [1.29, 1.82) is 0 Å². The van der Waals surface area contributed by atoms with Crippen molar-refractivity contribution in [3.05, 3.63) is 41.6 Å². The van der Waals surface area contributed by atoms with Gasteiger partial charge in [0.05, 0.1) is 18.8 Å². The van der Waals surface area contributed by atoms with Crippen LogP contribution in [0.4, 0.5) is 5.82 Å². The molecule has 17 heavy (non-hydrogen) atoms. The van der Waals surface area contributed by atoms with Crippen molar-refractivity contribution in [2.24, 2.45) is 0 Å². The van der Waals surface area contributed by atoms with E-state index in [1.807, 2.05) is 44.2 Å². The molecule has 2 rings (SSSR count). The van der Waals surface area contributed by atoms with Gasteiger partial charge >= 0.3 is 0 Å². The van der Waals surface area contributed by atoms with E-state index in [9.17, 15) is 0 Å². The molecule has 1 aromatic carbocycles. The van der Waals surface area contributed by atoms with E-state index in [2.05, 4.69) is 5.10 Å². The van der Waals surface area contributed by atoms with Gasteiger partial charge in [0.25, 0.3) is 0 Å². The van der Waals surface area contributed by atoms with E-state index in [1.54, 1.807) is 4.68 Å². The maximum atomic E-state index is 5.87. The maximum absolute atomic E-state index is 5.87. The van der Waals surface area contributed by atoms with Crippen LogP contribution in [0.15, 0.2) is 30.3 Å². The number of nitrogen functional groups attached to an aromatic ring is 1. The van der Waals surface area contributed by atoms with Crippen LogP contribution in [0, 0.1) is 6.92 Å². The zero-order chi connectivity index (χ0) is 12.3. The number of nitrogens with two attached hydrogens (primary N) is 1. The number of benzene rings is 1. The Hall–Kier alpha value is -1.97. The van der Waals surface area contributed by atoms with Gasteiger partial charge in [-0.1, -0.05) is 18.2 Å². The second-order valence-corrected chi connectivity index (χ2v) is 3.91.